The summed E-state index contributed by atoms with van der Waals surface area (Å²) in [4.78, 5) is 29.3. The molecular formula is C22H36ClN3O2. The number of unbranched alkanes of at least 4 members (excludes halogenated alkanes) is 3. The molecule has 0 saturated carbocycles. The van der Waals surface area contributed by atoms with Crippen LogP contribution in [0.15, 0.2) is 30.3 Å². The van der Waals surface area contributed by atoms with Crippen LogP contribution >= 0.6 is 12.4 Å². The zero-order valence-electron chi connectivity index (χ0n) is 17.1. The van der Waals surface area contributed by atoms with Crippen molar-refractivity contribution in [2.75, 3.05) is 26.2 Å². The summed E-state index contributed by atoms with van der Waals surface area (Å²) < 4.78 is 0. The van der Waals surface area contributed by atoms with E-state index >= 15 is 0 Å². The van der Waals surface area contributed by atoms with E-state index in [0.29, 0.717) is 6.42 Å². The minimum Gasteiger partial charge on any atom is -0.340 e. The topological polar surface area (TPSA) is 66.6 Å². The molecular weight excluding hydrogens is 374 g/mol. The van der Waals surface area contributed by atoms with E-state index in [9.17, 15) is 9.59 Å². The largest absolute Gasteiger partial charge is 0.340 e. The minimum absolute atomic E-state index is 0. The number of nitrogens with two attached hydrogens (primary N) is 1. The van der Waals surface area contributed by atoms with E-state index in [1.807, 2.05) is 35.2 Å². The van der Waals surface area contributed by atoms with Crippen LogP contribution in [0.4, 0.5) is 0 Å². The van der Waals surface area contributed by atoms with Crippen molar-refractivity contribution < 1.29 is 9.59 Å². The van der Waals surface area contributed by atoms with Gasteiger partial charge in [0.1, 0.15) is 0 Å². The summed E-state index contributed by atoms with van der Waals surface area (Å²) in [5.74, 6) is 0.375. The van der Waals surface area contributed by atoms with E-state index in [1.54, 1.807) is 0 Å². The number of carbonyl (C=O) groups is 2. The highest BCUT2D eigenvalue weighted by molar-refractivity contribution is 5.94. The Bertz CT molecular complexity index is 574. The third-order valence-corrected chi connectivity index (χ3v) is 5.34. The molecule has 5 nitrogen and oxygen atoms in total. The first-order valence-corrected chi connectivity index (χ1v) is 10.5. The number of piperidine rings is 1. The molecule has 1 saturated heterocycles. The van der Waals surface area contributed by atoms with Gasteiger partial charge in [0.05, 0.1) is 0 Å². The molecule has 0 aliphatic carbocycles. The maximum atomic E-state index is 12.7. The van der Waals surface area contributed by atoms with E-state index < -0.39 is 0 Å². The molecule has 1 heterocycles. The number of hydrogen-bond acceptors (Lipinski definition) is 3. The van der Waals surface area contributed by atoms with Crippen LogP contribution in [0.25, 0.3) is 0 Å². The van der Waals surface area contributed by atoms with Gasteiger partial charge in [-0.1, -0.05) is 38.0 Å². The van der Waals surface area contributed by atoms with Crippen LogP contribution in [-0.4, -0.2) is 53.8 Å². The summed E-state index contributed by atoms with van der Waals surface area (Å²) in [5.41, 5.74) is 6.27. The number of benzene rings is 1. The molecule has 1 fully saturated rings. The molecule has 0 atom stereocenters. The third kappa shape index (κ3) is 7.44. The van der Waals surface area contributed by atoms with Crippen LogP contribution in [-0.2, 0) is 4.79 Å². The van der Waals surface area contributed by atoms with Crippen molar-refractivity contribution in [1.29, 1.82) is 0 Å². The number of amides is 2. The molecule has 28 heavy (non-hydrogen) atoms. The van der Waals surface area contributed by atoms with Crippen molar-refractivity contribution in [1.82, 2.24) is 9.80 Å². The first-order valence-electron chi connectivity index (χ1n) is 10.5. The maximum Gasteiger partial charge on any atom is 0.253 e. The van der Waals surface area contributed by atoms with Gasteiger partial charge in [-0.05, 0) is 50.8 Å². The first kappa shape index (κ1) is 24.4. The quantitative estimate of drug-likeness (QED) is 0.596. The lowest BCUT2D eigenvalue weighted by molar-refractivity contribution is -0.134. The monoisotopic (exact) mass is 409 g/mol. The van der Waals surface area contributed by atoms with Gasteiger partial charge in [-0.25, -0.2) is 0 Å². The van der Waals surface area contributed by atoms with Crippen LogP contribution in [0, 0.1) is 0 Å². The summed E-state index contributed by atoms with van der Waals surface area (Å²) >= 11 is 0. The van der Waals surface area contributed by atoms with Crippen LogP contribution in [0.3, 0.4) is 0 Å². The van der Waals surface area contributed by atoms with Crippen molar-refractivity contribution in [3.63, 3.8) is 0 Å². The standard InChI is InChI=1S/C22H35N3O2.ClH/c1-2-16-25(21(26)12-8-3-4-9-15-23)20-13-17-24(18-14-20)22(27)19-10-6-5-7-11-19;/h5-7,10-11,20H,2-4,8-9,12-18,23H2,1H3;1H. The van der Waals surface area contributed by atoms with Gasteiger partial charge in [-0.2, -0.15) is 0 Å². The molecule has 2 rings (SSSR count). The molecule has 0 aromatic heterocycles. The van der Waals surface area contributed by atoms with Crippen LogP contribution < -0.4 is 5.73 Å². The highest BCUT2D eigenvalue weighted by Gasteiger charge is 2.29. The number of rotatable bonds is 10. The second kappa shape index (κ2) is 13.6. The lowest BCUT2D eigenvalue weighted by Crippen LogP contribution is -2.49. The van der Waals surface area contributed by atoms with Crippen LogP contribution in [0.1, 0.15) is 68.6 Å². The molecule has 0 bridgehead atoms. The highest BCUT2D eigenvalue weighted by Crippen LogP contribution is 2.20. The minimum atomic E-state index is 0. The van der Waals surface area contributed by atoms with Crippen molar-refractivity contribution in [2.45, 2.75) is 64.3 Å². The molecule has 1 aliphatic heterocycles. The van der Waals surface area contributed by atoms with Crippen LogP contribution in [0.2, 0.25) is 0 Å². The van der Waals surface area contributed by atoms with E-state index in [2.05, 4.69) is 11.8 Å². The van der Waals surface area contributed by atoms with Gasteiger partial charge in [-0.15, -0.1) is 12.4 Å². The van der Waals surface area contributed by atoms with Crippen molar-refractivity contribution >= 4 is 24.2 Å². The van der Waals surface area contributed by atoms with Gasteiger partial charge < -0.3 is 15.5 Å². The second-order valence-corrected chi connectivity index (χ2v) is 7.43. The van der Waals surface area contributed by atoms with Gasteiger partial charge in [0.2, 0.25) is 5.91 Å². The Morgan fingerprint density at radius 3 is 2.32 bits per heavy atom. The fourth-order valence-electron chi connectivity index (χ4n) is 3.81. The Morgan fingerprint density at radius 1 is 1.07 bits per heavy atom. The van der Waals surface area contributed by atoms with Gasteiger partial charge in [-0.3, -0.25) is 9.59 Å². The van der Waals surface area contributed by atoms with E-state index in [4.69, 9.17) is 5.73 Å². The zero-order chi connectivity index (χ0) is 19.5. The van der Waals surface area contributed by atoms with E-state index in [0.717, 1.165) is 76.7 Å². The summed E-state index contributed by atoms with van der Waals surface area (Å²) in [6.45, 7) is 5.12. The van der Waals surface area contributed by atoms with E-state index in [1.165, 1.54) is 0 Å². The SMILES string of the molecule is CCCN(C(=O)CCCCCCN)C1CCN(C(=O)c2ccccc2)CC1.Cl. The Hall–Kier alpha value is -1.59. The number of nitrogens with zero attached hydrogens (tertiary/aromatic N) is 2. The number of hydrogen-bond donors (Lipinski definition) is 1. The molecule has 158 valence electrons. The molecule has 2 amide bonds. The molecule has 0 unspecified atom stereocenters. The average Bonchev–Trinajstić information content (AvgIpc) is 2.72. The summed E-state index contributed by atoms with van der Waals surface area (Å²) in [5, 5.41) is 0. The number of halogens is 1. The third-order valence-electron chi connectivity index (χ3n) is 5.34. The summed E-state index contributed by atoms with van der Waals surface area (Å²) in [7, 11) is 0. The Kier molecular flexibility index (Phi) is 11.8. The molecule has 1 aromatic carbocycles. The highest BCUT2D eigenvalue weighted by atomic mass is 35.5. The first-order chi connectivity index (χ1) is 13.2. The zero-order valence-corrected chi connectivity index (χ0v) is 18.0. The lowest BCUT2D eigenvalue weighted by Gasteiger charge is -2.38. The lowest BCUT2D eigenvalue weighted by atomic mass is 10.0. The second-order valence-electron chi connectivity index (χ2n) is 7.43. The Morgan fingerprint density at radius 2 is 1.71 bits per heavy atom. The molecule has 2 N–H and O–H groups in total. The number of likely N-dealkylation sites (tertiary alicyclic amines) is 1. The van der Waals surface area contributed by atoms with Crippen molar-refractivity contribution in [3.05, 3.63) is 35.9 Å². The molecule has 0 spiro atoms. The molecule has 1 aliphatic rings. The average molecular weight is 410 g/mol. The molecule has 6 heteroatoms. The predicted molar refractivity (Wildman–Crippen MR) is 117 cm³/mol. The van der Waals surface area contributed by atoms with Gasteiger partial charge in [0, 0.05) is 37.7 Å². The fourth-order valence-corrected chi connectivity index (χ4v) is 3.81. The molecule has 1 aromatic rings. The van der Waals surface area contributed by atoms with Crippen LogP contribution in [0.5, 0.6) is 0 Å². The molecule has 0 radical (unpaired) electrons. The van der Waals surface area contributed by atoms with Gasteiger partial charge in [0.25, 0.3) is 5.91 Å². The van der Waals surface area contributed by atoms with Gasteiger partial charge in [0.15, 0.2) is 0 Å². The van der Waals surface area contributed by atoms with E-state index in [-0.39, 0.29) is 30.3 Å². The van der Waals surface area contributed by atoms with Crippen molar-refractivity contribution in [2.24, 2.45) is 5.73 Å². The smallest absolute Gasteiger partial charge is 0.253 e. The summed E-state index contributed by atoms with van der Waals surface area (Å²) in [6.07, 6.45) is 7.53. The Balaban J connectivity index is 0.00000392. The Labute approximate surface area is 176 Å². The number of carbonyl (C=O) groups excluding carboxylic acids is 2. The predicted octanol–water partition coefficient (Wildman–Crippen LogP) is 3.86. The maximum absolute atomic E-state index is 12.7. The normalized spacial score (nSPS) is 14.4. The van der Waals surface area contributed by atoms with Gasteiger partial charge >= 0.3 is 0 Å². The fraction of sp³-hybridized carbons (Fsp3) is 0.636. The van der Waals surface area contributed by atoms with Crippen molar-refractivity contribution in [3.8, 4) is 0 Å². The summed E-state index contributed by atoms with van der Waals surface area (Å²) in [6, 6.07) is 9.72.